The summed E-state index contributed by atoms with van der Waals surface area (Å²) in [7, 11) is -3.44. The van der Waals surface area contributed by atoms with Crippen molar-refractivity contribution in [3.8, 4) is 0 Å². The minimum Gasteiger partial charge on any atom is -0.207 e. The summed E-state index contributed by atoms with van der Waals surface area (Å²) >= 11 is 0. The summed E-state index contributed by atoms with van der Waals surface area (Å²) in [5.41, 5.74) is 2.42. The summed E-state index contributed by atoms with van der Waals surface area (Å²) in [4.78, 5) is 0.423. The molecule has 1 aliphatic rings. The van der Waals surface area contributed by atoms with Gasteiger partial charge in [-0.3, -0.25) is 0 Å². The molecule has 3 nitrogen and oxygen atoms in total. The maximum Gasteiger partial charge on any atom is 0.243 e. The van der Waals surface area contributed by atoms with E-state index in [4.69, 9.17) is 0 Å². The molecule has 3 rings (SSSR count). The molecular weight excluding hydrogens is 354 g/mol. The third-order valence-corrected chi connectivity index (χ3v) is 7.67. The average Bonchev–Trinajstić information content (AvgIpc) is 2.69. The lowest BCUT2D eigenvalue weighted by atomic mass is 9.85. The van der Waals surface area contributed by atoms with E-state index >= 15 is 0 Å². The molecule has 0 aromatic heterocycles. The van der Waals surface area contributed by atoms with Gasteiger partial charge in [-0.2, -0.15) is 4.31 Å². The summed E-state index contributed by atoms with van der Waals surface area (Å²) in [6.07, 6.45) is 6.15. The third-order valence-electron chi connectivity index (χ3n) is 5.70. The Bertz CT molecular complexity index is 815. The van der Waals surface area contributed by atoms with Gasteiger partial charge in [-0.25, -0.2) is 8.42 Å². The molecule has 0 aliphatic carbocycles. The van der Waals surface area contributed by atoms with E-state index in [0.717, 1.165) is 44.1 Å². The van der Waals surface area contributed by atoms with Gasteiger partial charge in [0.2, 0.25) is 10.0 Å². The molecule has 0 N–H and O–H groups in total. The Balaban J connectivity index is 1.83. The molecular formula is C23H31NO2S. The first-order valence-corrected chi connectivity index (χ1v) is 11.6. The Labute approximate surface area is 164 Å². The number of aryl methyl sites for hydroxylation is 1. The van der Waals surface area contributed by atoms with Crippen LogP contribution in [0.2, 0.25) is 0 Å². The van der Waals surface area contributed by atoms with E-state index in [1.54, 1.807) is 16.4 Å². The summed E-state index contributed by atoms with van der Waals surface area (Å²) in [5.74, 6) is 0.447. The van der Waals surface area contributed by atoms with E-state index in [1.165, 1.54) is 5.56 Å². The van der Waals surface area contributed by atoms with E-state index in [0.29, 0.717) is 17.4 Å². The predicted octanol–water partition coefficient (Wildman–Crippen LogP) is 5.51. The number of nitrogens with zero attached hydrogens (tertiary/aromatic N) is 1. The van der Waals surface area contributed by atoms with Crippen LogP contribution in [0.1, 0.15) is 62.5 Å². The zero-order valence-electron chi connectivity index (χ0n) is 16.5. The van der Waals surface area contributed by atoms with Crippen molar-refractivity contribution in [2.24, 2.45) is 0 Å². The van der Waals surface area contributed by atoms with Crippen LogP contribution in [0, 0.1) is 6.92 Å². The Morgan fingerprint density at radius 2 is 1.70 bits per heavy atom. The molecule has 0 spiro atoms. The maximum atomic E-state index is 13.3. The van der Waals surface area contributed by atoms with Crippen molar-refractivity contribution >= 4 is 10.0 Å². The topological polar surface area (TPSA) is 37.4 Å². The SMILES string of the molecule is CCCCC[C@H]1C[C@H](c2ccccc2)CCN1S(=O)(=O)c1ccc(C)cc1. The van der Waals surface area contributed by atoms with Crippen molar-refractivity contribution in [1.82, 2.24) is 4.31 Å². The van der Waals surface area contributed by atoms with Crippen molar-refractivity contribution in [3.63, 3.8) is 0 Å². The number of unbranched alkanes of at least 4 members (excludes halogenated alkanes) is 2. The van der Waals surface area contributed by atoms with Crippen molar-refractivity contribution in [3.05, 3.63) is 65.7 Å². The van der Waals surface area contributed by atoms with Crippen LogP contribution in [0.25, 0.3) is 0 Å². The van der Waals surface area contributed by atoms with Crippen molar-refractivity contribution in [2.75, 3.05) is 6.54 Å². The molecule has 4 heteroatoms. The zero-order valence-corrected chi connectivity index (χ0v) is 17.3. The number of hydrogen-bond acceptors (Lipinski definition) is 2. The van der Waals surface area contributed by atoms with Crippen LogP contribution in [0.5, 0.6) is 0 Å². The number of benzene rings is 2. The number of sulfonamides is 1. The molecule has 0 saturated carbocycles. The number of piperidine rings is 1. The van der Waals surface area contributed by atoms with Crippen LogP contribution in [-0.4, -0.2) is 25.3 Å². The fraction of sp³-hybridized carbons (Fsp3) is 0.478. The molecule has 27 heavy (non-hydrogen) atoms. The predicted molar refractivity (Wildman–Crippen MR) is 111 cm³/mol. The molecule has 0 bridgehead atoms. The number of rotatable bonds is 7. The van der Waals surface area contributed by atoms with Crippen LogP contribution in [0.4, 0.5) is 0 Å². The maximum absolute atomic E-state index is 13.3. The van der Waals surface area contributed by atoms with Crippen molar-refractivity contribution < 1.29 is 8.42 Å². The molecule has 2 aromatic rings. The van der Waals surface area contributed by atoms with Gasteiger partial charge in [0.05, 0.1) is 4.90 Å². The van der Waals surface area contributed by atoms with Crippen LogP contribution in [0.15, 0.2) is 59.5 Å². The highest BCUT2D eigenvalue weighted by Gasteiger charge is 2.36. The van der Waals surface area contributed by atoms with E-state index in [2.05, 4.69) is 31.2 Å². The van der Waals surface area contributed by atoms with Crippen molar-refractivity contribution in [2.45, 2.75) is 69.2 Å². The second kappa shape index (κ2) is 9.03. The first kappa shape index (κ1) is 20.1. The second-order valence-corrected chi connectivity index (χ2v) is 9.60. The summed E-state index contributed by atoms with van der Waals surface area (Å²) < 4.78 is 28.4. The van der Waals surface area contributed by atoms with Gasteiger partial charge < -0.3 is 0 Å². The fourth-order valence-electron chi connectivity index (χ4n) is 4.11. The fourth-order valence-corrected chi connectivity index (χ4v) is 5.79. The monoisotopic (exact) mass is 385 g/mol. The zero-order chi connectivity index (χ0) is 19.3. The lowest BCUT2D eigenvalue weighted by molar-refractivity contribution is 0.217. The Hall–Kier alpha value is -1.65. The smallest absolute Gasteiger partial charge is 0.207 e. The van der Waals surface area contributed by atoms with Crippen LogP contribution in [0.3, 0.4) is 0 Å². The van der Waals surface area contributed by atoms with Gasteiger partial charge in [-0.05, 0) is 49.8 Å². The second-order valence-electron chi connectivity index (χ2n) is 7.71. The van der Waals surface area contributed by atoms with Gasteiger partial charge >= 0.3 is 0 Å². The Morgan fingerprint density at radius 3 is 2.37 bits per heavy atom. The molecule has 0 unspecified atom stereocenters. The highest BCUT2D eigenvalue weighted by Crippen LogP contribution is 2.36. The molecule has 146 valence electrons. The van der Waals surface area contributed by atoms with Gasteiger partial charge in [-0.15, -0.1) is 0 Å². The van der Waals surface area contributed by atoms with E-state index in [-0.39, 0.29) is 6.04 Å². The molecule has 0 amide bonds. The minimum absolute atomic E-state index is 0.0850. The first-order valence-electron chi connectivity index (χ1n) is 10.2. The first-order chi connectivity index (χ1) is 13.0. The third kappa shape index (κ3) is 4.80. The van der Waals surface area contributed by atoms with Crippen LogP contribution >= 0.6 is 0 Å². The largest absolute Gasteiger partial charge is 0.243 e. The Morgan fingerprint density at radius 1 is 1.00 bits per heavy atom. The summed E-state index contributed by atoms with van der Waals surface area (Å²) in [5, 5.41) is 0. The molecule has 0 radical (unpaired) electrons. The summed E-state index contributed by atoms with van der Waals surface area (Å²) in [6.45, 7) is 4.77. The van der Waals surface area contributed by atoms with Gasteiger partial charge in [0.25, 0.3) is 0 Å². The molecule has 2 aromatic carbocycles. The van der Waals surface area contributed by atoms with E-state index in [9.17, 15) is 8.42 Å². The van der Waals surface area contributed by atoms with Crippen LogP contribution < -0.4 is 0 Å². The lowest BCUT2D eigenvalue weighted by Gasteiger charge is -2.39. The van der Waals surface area contributed by atoms with Crippen molar-refractivity contribution in [1.29, 1.82) is 0 Å². The molecule has 2 atom stereocenters. The number of hydrogen-bond donors (Lipinski definition) is 0. The minimum atomic E-state index is -3.44. The summed E-state index contributed by atoms with van der Waals surface area (Å²) in [6, 6.07) is 17.9. The van der Waals surface area contributed by atoms with Gasteiger partial charge in [0, 0.05) is 12.6 Å². The highest BCUT2D eigenvalue weighted by molar-refractivity contribution is 7.89. The molecule has 1 heterocycles. The quantitative estimate of drug-likeness (QED) is 0.589. The van der Waals surface area contributed by atoms with E-state index in [1.807, 2.05) is 25.1 Å². The van der Waals surface area contributed by atoms with Gasteiger partial charge in [0.1, 0.15) is 0 Å². The molecule has 1 saturated heterocycles. The molecule has 1 aliphatic heterocycles. The van der Waals surface area contributed by atoms with E-state index < -0.39 is 10.0 Å². The average molecular weight is 386 g/mol. The van der Waals surface area contributed by atoms with Crippen LogP contribution in [-0.2, 0) is 10.0 Å². The highest BCUT2D eigenvalue weighted by atomic mass is 32.2. The van der Waals surface area contributed by atoms with Gasteiger partial charge in [0.15, 0.2) is 0 Å². The van der Waals surface area contributed by atoms with Gasteiger partial charge in [-0.1, -0.05) is 74.2 Å². The molecule has 1 fully saturated rings. The standard InChI is InChI=1S/C23H31NO2S/c1-3-4-6-11-22-18-21(20-9-7-5-8-10-20)16-17-24(22)27(25,26)23-14-12-19(2)13-15-23/h5,7-10,12-15,21-22H,3-4,6,11,16-18H2,1-2H3/t21-,22+/m1/s1. The normalized spacial score (nSPS) is 21.3. The lowest BCUT2D eigenvalue weighted by Crippen LogP contribution is -2.45. The Kier molecular flexibility index (Phi) is 6.72.